The first kappa shape index (κ1) is 13.3. The van der Waals surface area contributed by atoms with Gasteiger partial charge in [0.1, 0.15) is 11.3 Å². The van der Waals surface area contributed by atoms with Gasteiger partial charge < -0.3 is 4.42 Å². The Morgan fingerprint density at radius 2 is 1.64 bits per heavy atom. The predicted octanol–water partition coefficient (Wildman–Crippen LogP) is 4.32. The van der Waals surface area contributed by atoms with Gasteiger partial charge in [0.25, 0.3) is 0 Å². The number of rotatable bonds is 2. The van der Waals surface area contributed by atoms with E-state index in [1.54, 1.807) is 6.20 Å². The SMILES string of the molecule is C[Si](C)(C)c1cccc2c1oc1c(-n3cccn3)cccc12. The van der Waals surface area contributed by atoms with Gasteiger partial charge in [-0.05, 0) is 17.3 Å². The highest BCUT2D eigenvalue weighted by Crippen LogP contribution is 2.32. The van der Waals surface area contributed by atoms with Gasteiger partial charge in [0.2, 0.25) is 0 Å². The first-order valence-corrected chi connectivity index (χ1v) is 11.0. The predicted molar refractivity (Wildman–Crippen MR) is 93.8 cm³/mol. The van der Waals surface area contributed by atoms with Crippen LogP contribution in [0.15, 0.2) is 59.3 Å². The molecule has 110 valence electrons. The van der Waals surface area contributed by atoms with Gasteiger partial charge in [-0.25, -0.2) is 4.68 Å². The monoisotopic (exact) mass is 306 g/mol. The van der Waals surface area contributed by atoms with E-state index in [-0.39, 0.29) is 0 Å². The Kier molecular flexibility index (Phi) is 2.78. The van der Waals surface area contributed by atoms with Crippen LogP contribution in [0.25, 0.3) is 27.6 Å². The highest BCUT2D eigenvalue weighted by atomic mass is 28.3. The van der Waals surface area contributed by atoms with Gasteiger partial charge in [-0.15, -0.1) is 0 Å². The van der Waals surface area contributed by atoms with E-state index >= 15 is 0 Å². The molecule has 0 fully saturated rings. The molecule has 0 atom stereocenters. The zero-order chi connectivity index (χ0) is 15.3. The van der Waals surface area contributed by atoms with Crippen molar-refractivity contribution in [3.63, 3.8) is 0 Å². The summed E-state index contributed by atoms with van der Waals surface area (Å²) < 4.78 is 8.20. The molecule has 4 heteroatoms. The molecule has 0 radical (unpaired) electrons. The Morgan fingerprint density at radius 3 is 2.32 bits per heavy atom. The highest BCUT2D eigenvalue weighted by molar-refractivity contribution is 6.90. The molecule has 3 nitrogen and oxygen atoms in total. The molecule has 0 amide bonds. The Labute approximate surface area is 130 Å². The summed E-state index contributed by atoms with van der Waals surface area (Å²) in [5.74, 6) is 0. The average Bonchev–Trinajstić information content (AvgIpc) is 3.12. The van der Waals surface area contributed by atoms with E-state index in [1.165, 1.54) is 10.6 Å². The normalized spacial score (nSPS) is 12.3. The standard InChI is InChI=1S/C18H18N2OSi/c1-22(2,3)16-10-5-8-14-13-7-4-9-15(17(13)21-18(14)16)20-12-6-11-19-20/h4-12H,1-3H3. The number of benzene rings is 2. The number of hydrogen-bond donors (Lipinski definition) is 0. The largest absolute Gasteiger partial charge is 0.454 e. The molecule has 4 rings (SSSR count). The Hall–Kier alpha value is -2.33. The van der Waals surface area contributed by atoms with Crippen LogP contribution >= 0.6 is 0 Å². The van der Waals surface area contributed by atoms with Crippen LogP contribution < -0.4 is 5.19 Å². The van der Waals surface area contributed by atoms with Gasteiger partial charge in [-0.2, -0.15) is 5.10 Å². The minimum absolute atomic E-state index is 0.909. The van der Waals surface area contributed by atoms with Crippen LogP contribution in [0.1, 0.15) is 0 Å². The molecule has 0 saturated carbocycles. The number of furan rings is 1. The number of fused-ring (bicyclic) bond motifs is 3. The molecule has 2 heterocycles. The van der Waals surface area contributed by atoms with Crippen LogP contribution in [0.4, 0.5) is 0 Å². The van der Waals surface area contributed by atoms with Crippen LogP contribution in [0.5, 0.6) is 0 Å². The van der Waals surface area contributed by atoms with E-state index in [0.717, 1.165) is 22.2 Å². The maximum Gasteiger partial charge on any atom is 0.161 e. The zero-order valence-electron chi connectivity index (χ0n) is 13.0. The summed E-state index contributed by atoms with van der Waals surface area (Å²) in [4.78, 5) is 0. The van der Waals surface area contributed by atoms with Crippen LogP contribution in [-0.2, 0) is 0 Å². The highest BCUT2D eigenvalue weighted by Gasteiger charge is 2.23. The summed E-state index contributed by atoms with van der Waals surface area (Å²) in [7, 11) is -1.46. The second-order valence-electron chi connectivity index (χ2n) is 6.64. The minimum atomic E-state index is -1.46. The van der Waals surface area contributed by atoms with Crippen molar-refractivity contribution < 1.29 is 4.42 Å². The van der Waals surface area contributed by atoms with E-state index in [4.69, 9.17) is 4.42 Å². The molecule has 2 aromatic heterocycles. The molecule has 0 N–H and O–H groups in total. The fourth-order valence-corrected chi connectivity index (χ4v) is 4.45. The van der Waals surface area contributed by atoms with Gasteiger partial charge >= 0.3 is 0 Å². The Balaban J connectivity index is 2.12. The molecule has 22 heavy (non-hydrogen) atoms. The van der Waals surface area contributed by atoms with Gasteiger partial charge in [-0.3, -0.25) is 0 Å². The molecular formula is C18H18N2OSi. The van der Waals surface area contributed by atoms with Crippen LogP contribution in [0, 0.1) is 0 Å². The maximum absolute atomic E-state index is 6.34. The summed E-state index contributed by atoms with van der Waals surface area (Å²) in [6, 6.07) is 14.7. The molecule has 0 aliphatic heterocycles. The van der Waals surface area contributed by atoms with Crippen LogP contribution in [0.2, 0.25) is 19.6 Å². The molecule has 0 unspecified atom stereocenters. The summed E-state index contributed by atoms with van der Waals surface area (Å²) in [5, 5.41) is 8.07. The van der Waals surface area contributed by atoms with Crippen molar-refractivity contribution in [2.24, 2.45) is 0 Å². The first-order valence-electron chi connectivity index (χ1n) is 7.50. The lowest BCUT2D eigenvalue weighted by atomic mass is 10.1. The van der Waals surface area contributed by atoms with E-state index in [1.807, 2.05) is 23.0 Å². The second-order valence-corrected chi connectivity index (χ2v) is 11.7. The smallest absolute Gasteiger partial charge is 0.161 e. The zero-order valence-corrected chi connectivity index (χ0v) is 14.0. The third-order valence-corrected chi connectivity index (χ3v) is 6.07. The quantitative estimate of drug-likeness (QED) is 0.516. The summed E-state index contributed by atoms with van der Waals surface area (Å²) >= 11 is 0. The molecule has 0 bridgehead atoms. The number of hydrogen-bond acceptors (Lipinski definition) is 2. The number of para-hydroxylation sites is 2. The second kappa shape index (κ2) is 4.58. The molecule has 4 aromatic rings. The Bertz CT molecular complexity index is 962. The molecule has 0 aliphatic rings. The minimum Gasteiger partial charge on any atom is -0.454 e. The third-order valence-electron chi connectivity index (χ3n) is 4.06. The molecule has 0 spiro atoms. The third kappa shape index (κ3) is 1.91. The van der Waals surface area contributed by atoms with E-state index < -0.39 is 8.07 Å². The van der Waals surface area contributed by atoms with Crippen molar-refractivity contribution in [2.75, 3.05) is 0 Å². The van der Waals surface area contributed by atoms with Gasteiger partial charge in [-0.1, -0.05) is 50.0 Å². The lowest BCUT2D eigenvalue weighted by Crippen LogP contribution is -2.37. The summed E-state index contributed by atoms with van der Waals surface area (Å²) in [5.41, 5.74) is 2.93. The van der Waals surface area contributed by atoms with Gasteiger partial charge in [0.05, 0.1) is 8.07 Å². The molecule has 0 saturated heterocycles. The first-order chi connectivity index (χ1) is 10.6. The summed E-state index contributed by atoms with van der Waals surface area (Å²) in [6.45, 7) is 7.05. The van der Waals surface area contributed by atoms with E-state index in [0.29, 0.717) is 0 Å². The van der Waals surface area contributed by atoms with E-state index in [2.05, 4.69) is 55.1 Å². The number of aromatic nitrogens is 2. The number of nitrogens with zero attached hydrogens (tertiary/aromatic N) is 2. The van der Waals surface area contributed by atoms with Gasteiger partial charge in [0, 0.05) is 23.2 Å². The van der Waals surface area contributed by atoms with Crippen molar-refractivity contribution >= 4 is 35.2 Å². The van der Waals surface area contributed by atoms with Crippen molar-refractivity contribution in [1.29, 1.82) is 0 Å². The van der Waals surface area contributed by atoms with Gasteiger partial charge in [0.15, 0.2) is 5.58 Å². The van der Waals surface area contributed by atoms with Crippen LogP contribution in [0.3, 0.4) is 0 Å². The average molecular weight is 306 g/mol. The lowest BCUT2D eigenvalue weighted by Gasteiger charge is -2.16. The Morgan fingerprint density at radius 1 is 0.909 bits per heavy atom. The lowest BCUT2D eigenvalue weighted by molar-refractivity contribution is 0.664. The fourth-order valence-electron chi connectivity index (χ4n) is 2.99. The van der Waals surface area contributed by atoms with Crippen molar-refractivity contribution in [2.45, 2.75) is 19.6 Å². The molecule has 0 aliphatic carbocycles. The maximum atomic E-state index is 6.34. The van der Waals surface area contributed by atoms with Crippen LogP contribution in [-0.4, -0.2) is 17.9 Å². The topological polar surface area (TPSA) is 31.0 Å². The fraction of sp³-hybridized carbons (Fsp3) is 0.167. The van der Waals surface area contributed by atoms with Crippen molar-refractivity contribution in [1.82, 2.24) is 9.78 Å². The van der Waals surface area contributed by atoms with E-state index in [9.17, 15) is 0 Å². The molecule has 2 aromatic carbocycles. The summed E-state index contributed by atoms with van der Waals surface area (Å²) in [6.07, 6.45) is 3.73. The molecular weight excluding hydrogens is 288 g/mol. The van der Waals surface area contributed by atoms with Crippen molar-refractivity contribution in [3.05, 3.63) is 54.9 Å². The van der Waals surface area contributed by atoms with Crippen molar-refractivity contribution in [3.8, 4) is 5.69 Å².